The predicted octanol–water partition coefficient (Wildman–Crippen LogP) is 4.02. The van der Waals surface area contributed by atoms with Crippen molar-refractivity contribution in [1.29, 1.82) is 0 Å². The van der Waals surface area contributed by atoms with Crippen molar-refractivity contribution < 1.29 is 9.21 Å². The molecule has 0 aliphatic carbocycles. The van der Waals surface area contributed by atoms with Crippen LogP contribution in [0.5, 0.6) is 0 Å². The van der Waals surface area contributed by atoms with Crippen molar-refractivity contribution in [2.75, 3.05) is 0 Å². The Hall–Kier alpha value is -2.07. The predicted molar refractivity (Wildman–Crippen MR) is 81.2 cm³/mol. The normalized spacial score (nSPS) is 17.9. The standard InChI is InChI=1S/C16H15ClN2O2/c1-2-16(20)19-14(15-4-3-9-21-15)10-13(18-19)11-5-7-12(17)8-6-11/h3-9,14H,2,10H2,1H3/t14-/m0/s1. The first-order valence-corrected chi connectivity index (χ1v) is 7.25. The molecule has 108 valence electrons. The Morgan fingerprint density at radius 3 is 2.76 bits per heavy atom. The van der Waals surface area contributed by atoms with Gasteiger partial charge in [0.15, 0.2) is 0 Å². The van der Waals surface area contributed by atoms with E-state index in [0.717, 1.165) is 17.0 Å². The number of hydrazone groups is 1. The summed E-state index contributed by atoms with van der Waals surface area (Å²) in [4.78, 5) is 12.1. The van der Waals surface area contributed by atoms with Crippen molar-refractivity contribution in [3.8, 4) is 0 Å². The van der Waals surface area contributed by atoms with E-state index < -0.39 is 0 Å². The molecular formula is C16H15ClN2O2. The average molecular weight is 303 g/mol. The molecule has 4 nitrogen and oxygen atoms in total. The van der Waals surface area contributed by atoms with E-state index in [1.165, 1.54) is 5.01 Å². The monoisotopic (exact) mass is 302 g/mol. The van der Waals surface area contributed by atoms with Crippen LogP contribution in [0.4, 0.5) is 0 Å². The Labute approximate surface area is 128 Å². The minimum absolute atomic E-state index is 0.0136. The van der Waals surface area contributed by atoms with Gasteiger partial charge in [-0.3, -0.25) is 4.79 Å². The third kappa shape index (κ3) is 2.72. The highest BCUT2D eigenvalue weighted by Crippen LogP contribution is 2.33. The number of nitrogens with zero attached hydrogens (tertiary/aromatic N) is 2. The molecule has 1 aromatic carbocycles. The number of benzene rings is 1. The second kappa shape index (κ2) is 5.74. The summed E-state index contributed by atoms with van der Waals surface area (Å²) < 4.78 is 5.46. The van der Waals surface area contributed by atoms with E-state index in [-0.39, 0.29) is 11.9 Å². The first-order chi connectivity index (χ1) is 10.2. The molecule has 1 aliphatic heterocycles. The molecule has 1 amide bonds. The molecule has 2 aromatic rings. The second-order valence-corrected chi connectivity index (χ2v) is 5.32. The van der Waals surface area contributed by atoms with Gasteiger partial charge in [0, 0.05) is 17.9 Å². The van der Waals surface area contributed by atoms with Crippen molar-refractivity contribution in [3.63, 3.8) is 0 Å². The van der Waals surface area contributed by atoms with Gasteiger partial charge < -0.3 is 4.42 Å². The molecule has 3 rings (SSSR count). The Morgan fingerprint density at radius 1 is 1.38 bits per heavy atom. The lowest BCUT2D eigenvalue weighted by Gasteiger charge is -2.18. The molecule has 0 saturated heterocycles. The van der Waals surface area contributed by atoms with E-state index in [2.05, 4.69) is 5.10 Å². The van der Waals surface area contributed by atoms with Gasteiger partial charge in [-0.2, -0.15) is 5.10 Å². The van der Waals surface area contributed by atoms with Crippen LogP contribution in [0.25, 0.3) is 0 Å². The molecule has 1 aliphatic rings. The first-order valence-electron chi connectivity index (χ1n) is 6.88. The maximum absolute atomic E-state index is 12.1. The van der Waals surface area contributed by atoms with Crippen LogP contribution in [0.2, 0.25) is 5.02 Å². The number of carbonyl (C=O) groups excluding carboxylic acids is 1. The molecule has 0 saturated carbocycles. The van der Waals surface area contributed by atoms with Gasteiger partial charge in [0.2, 0.25) is 5.91 Å². The topological polar surface area (TPSA) is 45.8 Å². The van der Waals surface area contributed by atoms with Gasteiger partial charge in [0.05, 0.1) is 12.0 Å². The Morgan fingerprint density at radius 2 is 2.14 bits per heavy atom. The van der Waals surface area contributed by atoms with Crippen molar-refractivity contribution in [3.05, 3.63) is 59.0 Å². The molecule has 0 fully saturated rings. The van der Waals surface area contributed by atoms with Crippen molar-refractivity contribution in [2.24, 2.45) is 5.10 Å². The van der Waals surface area contributed by atoms with Crippen molar-refractivity contribution >= 4 is 23.2 Å². The molecular weight excluding hydrogens is 288 g/mol. The maximum Gasteiger partial charge on any atom is 0.243 e. The summed E-state index contributed by atoms with van der Waals surface area (Å²) in [6, 6.07) is 11.0. The third-order valence-electron chi connectivity index (χ3n) is 3.52. The second-order valence-electron chi connectivity index (χ2n) is 4.88. The zero-order valence-electron chi connectivity index (χ0n) is 11.6. The average Bonchev–Trinajstić information content (AvgIpc) is 3.16. The minimum atomic E-state index is -0.168. The van der Waals surface area contributed by atoms with E-state index in [1.807, 2.05) is 43.3 Å². The van der Waals surface area contributed by atoms with Crippen LogP contribution in [0.15, 0.2) is 52.2 Å². The van der Waals surface area contributed by atoms with Crippen LogP contribution in [0, 0.1) is 0 Å². The van der Waals surface area contributed by atoms with Crippen LogP contribution in [-0.4, -0.2) is 16.6 Å². The van der Waals surface area contributed by atoms with Crippen molar-refractivity contribution in [2.45, 2.75) is 25.8 Å². The largest absolute Gasteiger partial charge is 0.467 e. The summed E-state index contributed by atoms with van der Waals surface area (Å²) >= 11 is 5.91. The van der Waals surface area contributed by atoms with Gasteiger partial charge in [-0.05, 0) is 29.8 Å². The highest BCUT2D eigenvalue weighted by Gasteiger charge is 2.33. The smallest absolute Gasteiger partial charge is 0.243 e. The van der Waals surface area contributed by atoms with Gasteiger partial charge >= 0.3 is 0 Å². The quantitative estimate of drug-likeness (QED) is 0.859. The summed E-state index contributed by atoms with van der Waals surface area (Å²) in [7, 11) is 0. The van der Waals surface area contributed by atoms with Crippen LogP contribution < -0.4 is 0 Å². The molecule has 2 heterocycles. The van der Waals surface area contributed by atoms with Gasteiger partial charge in [-0.25, -0.2) is 5.01 Å². The fourth-order valence-corrected chi connectivity index (χ4v) is 2.55. The van der Waals surface area contributed by atoms with Crippen LogP contribution in [0.3, 0.4) is 0 Å². The highest BCUT2D eigenvalue weighted by atomic mass is 35.5. The maximum atomic E-state index is 12.1. The van der Waals surface area contributed by atoms with E-state index in [4.69, 9.17) is 16.0 Å². The zero-order valence-corrected chi connectivity index (χ0v) is 12.4. The minimum Gasteiger partial charge on any atom is -0.467 e. The van der Waals surface area contributed by atoms with Crippen LogP contribution >= 0.6 is 11.6 Å². The van der Waals surface area contributed by atoms with E-state index >= 15 is 0 Å². The summed E-state index contributed by atoms with van der Waals surface area (Å²) in [6.07, 6.45) is 2.67. The van der Waals surface area contributed by atoms with Gasteiger partial charge in [-0.15, -0.1) is 0 Å². The van der Waals surface area contributed by atoms with E-state index in [1.54, 1.807) is 6.26 Å². The number of carbonyl (C=O) groups is 1. The van der Waals surface area contributed by atoms with E-state index in [9.17, 15) is 4.79 Å². The van der Waals surface area contributed by atoms with Gasteiger partial charge in [0.25, 0.3) is 0 Å². The number of halogens is 1. The number of hydrogen-bond acceptors (Lipinski definition) is 3. The summed E-state index contributed by atoms with van der Waals surface area (Å²) in [6.45, 7) is 1.83. The van der Waals surface area contributed by atoms with Gasteiger partial charge in [-0.1, -0.05) is 30.7 Å². The van der Waals surface area contributed by atoms with Crippen LogP contribution in [0.1, 0.15) is 37.1 Å². The summed E-state index contributed by atoms with van der Waals surface area (Å²) in [5.41, 5.74) is 1.84. The lowest BCUT2D eigenvalue weighted by molar-refractivity contribution is -0.133. The highest BCUT2D eigenvalue weighted by molar-refractivity contribution is 6.30. The number of furan rings is 1. The molecule has 0 bridgehead atoms. The molecule has 5 heteroatoms. The molecule has 21 heavy (non-hydrogen) atoms. The summed E-state index contributed by atoms with van der Waals surface area (Å²) in [5, 5.41) is 6.71. The lowest BCUT2D eigenvalue weighted by Crippen LogP contribution is -2.25. The third-order valence-corrected chi connectivity index (χ3v) is 3.77. The van der Waals surface area contributed by atoms with Crippen LogP contribution in [-0.2, 0) is 4.79 Å². The Balaban J connectivity index is 1.93. The molecule has 0 spiro atoms. The fourth-order valence-electron chi connectivity index (χ4n) is 2.42. The SMILES string of the molecule is CCC(=O)N1N=C(c2ccc(Cl)cc2)C[C@H]1c1ccco1. The Kier molecular flexibility index (Phi) is 3.80. The van der Waals surface area contributed by atoms with Gasteiger partial charge in [0.1, 0.15) is 11.8 Å². The fraction of sp³-hybridized carbons (Fsp3) is 0.250. The Bertz CT molecular complexity index is 662. The number of amides is 1. The lowest BCUT2D eigenvalue weighted by atomic mass is 10.0. The molecule has 1 atom stereocenters. The molecule has 0 unspecified atom stereocenters. The molecule has 0 N–H and O–H groups in total. The zero-order chi connectivity index (χ0) is 14.8. The van der Waals surface area contributed by atoms with E-state index in [0.29, 0.717) is 17.9 Å². The molecule has 0 radical (unpaired) electrons. The number of rotatable bonds is 3. The molecule has 1 aromatic heterocycles. The first kappa shape index (κ1) is 13.9. The number of hydrogen-bond donors (Lipinski definition) is 0. The summed E-state index contributed by atoms with van der Waals surface area (Å²) in [5.74, 6) is 0.741. The van der Waals surface area contributed by atoms with Crippen molar-refractivity contribution in [1.82, 2.24) is 5.01 Å².